The number of carbonyl (C=O) groups is 2. The average Bonchev–Trinajstić information content (AvgIpc) is 3.41. The van der Waals surface area contributed by atoms with E-state index in [0.717, 1.165) is 42.6 Å². The van der Waals surface area contributed by atoms with Crippen LogP contribution in [-0.4, -0.2) is 29.9 Å². The van der Waals surface area contributed by atoms with Gasteiger partial charge < -0.3 is 19.4 Å². The van der Waals surface area contributed by atoms with Crippen LogP contribution in [0, 0.1) is 0 Å². The van der Waals surface area contributed by atoms with E-state index in [1.807, 2.05) is 59.5 Å². The van der Waals surface area contributed by atoms with Gasteiger partial charge in [-0.1, -0.05) is 49.6 Å². The standard InChI is InChI=1S/C28H30N2O4/c1-33-21-15-13-19(14-16-21)26-25(27(31)29-18-22-10-7-17-34-22)23-11-5-6-12-24(23)28(32)30(26)20-8-3-2-4-9-20/h5-7,10-17,20,25-26H,2-4,8-9,18H2,1H3,(H,29,31)/t25-,26-/m1/s1. The maximum absolute atomic E-state index is 13.9. The van der Waals surface area contributed by atoms with Crippen molar-refractivity contribution in [3.05, 3.63) is 89.4 Å². The van der Waals surface area contributed by atoms with Crippen LogP contribution in [0.15, 0.2) is 71.3 Å². The van der Waals surface area contributed by atoms with E-state index in [-0.39, 0.29) is 17.9 Å². The number of amides is 2. The highest BCUT2D eigenvalue weighted by Gasteiger charge is 2.46. The van der Waals surface area contributed by atoms with Crippen LogP contribution in [-0.2, 0) is 11.3 Å². The Morgan fingerprint density at radius 3 is 2.50 bits per heavy atom. The third-order valence-corrected chi connectivity index (χ3v) is 7.10. The van der Waals surface area contributed by atoms with Gasteiger partial charge in [0.25, 0.3) is 5.91 Å². The van der Waals surface area contributed by atoms with Gasteiger partial charge >= 0.3 is 0 Å². The first-order chi connectivity index (χ1) is 16.7. The van der Waals surface area contributed by atoms with E-state index in [2.05, 4.69) is 5.32 Å². The molecule has 2 atom stereocenters. The van der Waals surface area contributed by atoms with E-state index in [9.17, 15) is 9.59 Å². The Hall–Kier alpha value is -3.54. The summed E-state index contributed by atoms with van der Waals surface area (Å²) in [6.45, 7) is 0.303. The zero-order valence-corrected chi connectivity index (χ0v) is 19.4. The summed E-state index contributed by atoms with van der Waals surface area (Å²) in [6, 6.07) is 18.7. The lowest BCUT2D eigenvalue weighted by Crippen LogP contribution is -2.51. The fraction of sp³-hybridized carbons (Fsp3) is 0.357. The molecule has 1 aliphatic carbocycles. The van der Waals surface area contributed by atoms with Crippen molar-refractivity contribution in [1.29, 1.82) is 0 Å². The predicted octanol–water partition coefficient (Wildman–Crippen LogP) is 5.22. The van der Waals surface area contributed by atoms with Gasteiger partial charge in [0, 0.05) is 11.6 Å². The second-order valence-corrected chi connectivity index (χ2v) is 9.08. The Morgan fingerprint density at radius 2 is 1.79 bits per heavy atom. The summed E-state index contributed by atoms with van der Waals surface area (Å²) in [7, 11) is 1.63. The molecule has 0 spiro atoms. The number of fused-ring (bicyclic) bond motifs is 1. The summed E-state index contributed by atoms with van der Waals surface area (Å²) >= 11 is 0. The Labute approximate surface area is 199 Å². The maximum atomic E-state index is 13.9. The number of benzene rings is 2. The zero-order valence-electron chi connectivity index (χ0n) is 19.4. The largest absolute Gasteiger partial charge is 0.497 e. The lowest BCUT2D eigenvalue weighted by molar-refractivity contribution is -0.124. The number of hydrogen-bond donors (Lipinski definition) is 1. The van der Waals surface area contributed by atoms with Gasteiger partial charge in [0.05, 0.1) is 31.9 Å². The molecule has 0 bridgehead atoms. The first kappa shape index (κ1) is 22.3. The van der Waals surface area contributed by atoms with E-state index in [1.165, 1.54) is 6.42 Å². The van der Waals surface area contributed by atoms with Gasteiger partial charge in [0.15, 0.2) is 0 Å². The van der Waals surface area contributed by atoms with E-state index >= 15 is 0 Å². The highest BCUT2D eigenvalue weighted by molar-refractivity contribution is 6.01. The van der Waals surface area contributed by atoms with E-state index in [1.54, 1.807) is 19.4 Å². The van der Waals surface area contributed by atoms with Crippen molar-refractivity contribution >= 4 is 11.8 Å². The highest BCUT2D eigenvalue weighted by atomic mass is 16.5. The van der Waals surface area contributed by atoms with Crippen molar-refractivity contribution in [2.75, 3.05) is 7.11 Å². The minimum Gasteiger partial charge on any atom is -0.497 e. The summed E-state index contributed by atoms with van der Waals surface area (Å²) in [4.78, 5) is 29.7. The number of nitrogens with one attached hydrogen (secondary N) is 1. The van der Waals surface area contributed by atoms with Crippen molar-refractivity contribution in [1.82, 2.24) is 10.2 Å². The lowest BCUT2D eigenvalue weighted by atomic mass is 9.77. The van der Waals surface area contributed by atoms with Gasteiger partial charge in [-0.3, -0.25) is 9.59 Å². The third kappa shape index (κ3) is 4.20. The predicted molar refractivity (Wildman–Crippen MR) is 129 cm³/mol. The molecule has 0 saturated heterocycles. The van der Waals surface area contributed by atoms with Crippen molar-refractivity contribution in [3.8, 4) is 5.75 Å². The molecule has 176 valence electrons. The summed E-state index contributed by atoms with van der Waals surface area (Å²) in [5.41, 5.74) is 2.33. The molecule has 6 heteroatoms. The van der Waals surface area contributed by atoms with E-state index in [4.69, 9.17) is 9.15 Å². The maximum Gasteiger partial charge on any atom is 0.254 e. The molecular weight excluding hydrogens is 428 g/mol. The number of carbonyl (C=O) groups excluding carboxylic acids is 2. The molecular formula is C28H30N2O4. The summed E-state index contributed by atoms with van der Waals surface area (Å²) in [5, 5.41) is 3.06. The molecule has 1 fully saturated rings. The zero-order chi connectivity index (χ0) is 23.5. The van der Waals surface area contributed by atoms with Crippen LogP contribution in [0.2, 0.25) is 0 Å². The SMILES string of the molecule is COc1ccc([C@@H]2[C@H](C(=O)NCc3ccco3)c3ccccc3C(=O)N2C2CCCCC2)cc1. The highest BCUT2D eigenvalue weighted by Crippen LogP contribution is 2.46. The molecule has 2 heterocycles. The Kier molecular flexibility index (Phi) is 6.39. The molecule has 34 heavy (non-hydrogen) atoms. The van der Waals surface area contributed by atoms with Crippen LogP contribution in [0.5, 0.6) is 5.75 Å². The van der Waals surface area contributed by atoms with Gasteiger partial charge in [-0.05, 0) is 54.3 Å². The number of nitrogens with zero attached hydrogens (tertiary/aromatic N) is 1. The van der Waals surface area contributed by atoms with E-state index in [0.29, 0.717) is 17.9 Å². The Morgan fingerprint density at radius 1 is 1.03 bits per heavy atom. The molecule has 1 aliphatic heterocycles. The minimum absolute atomic E-state index is 0.0124. The molecule has 2 aliphatic rings. The second-order valence-electron chi connectivity index (χ2n) is 9.08. The van der Waals surface area contributed by atoms with Gasteiger partial charge in [-0.25, -0.2) is 0 Å². The van der Waals surface area contributed by atoms with Crippen LogP contribution >= 0.6 is 0 Å². The average molecular weight is 459 g/mol. The second kappa shape index (κ2) is 9.75. The summed E-state index contributed by atoms with van der Waals surface area (Å²) in [6.07, 6.45) is 6.90. The van der Waals surface area contributed by atoms with Crippen LogP contribution < -0.4 is 10.1 Å². The fourth-order valence-corrected chi connectivity index (χ4v) is 5.45. The quantitative estimate of drug-likeness (QED) is 0.550. The van der Waals surface area contributed by atoms with Crippen molar-refractivity contribution in [2.24, 2.45) is 0 Å². The smallest absolute Gasteiger partial charge is 0.254 e. The molecule has 1 N–H and O–H groups in total. The van der Waals surface area contributed by atoms with Gasteiger partial charge in [-0.15, -0.1) is 0 Å². The molecule has 2 aromatic carbocycles. The molecule has 5 rings (SSSR count). The summed E-state index contributed by atoms with van der Waals surface area (Å²) in [5.74, 6) is 0.809. The monoisotopic (exact) mass is 458 g/mol. The van der Waals surface area contributed by atoms with Gasteiger partial charge in [0.2, 0.25) is 5.91 Å². The number of hydrogen-bond acceptors (Lipinski definition) is 4. The minimum atomic E-state index is -0.529. The van der Waals surface area contributed by atoms with E-state index < -0.39 is 12.0 Å². The first-order valence-electron chi connectivity index (χ1n) is 12.0. The third-order valence-electron chi connectivity index (χ3n) is 7.10. The molecule has 2 amide bonds. The first-order valence-corrected chi connectivity index (χ1v) is 12.0. The number of methoxy groups -OCH3 is 1. The molecule has 1 aromatic heterocycles. The fourth-order valence-electron chi connectivity index (χ4n) is 5.45. The van der Waals surface area contributed by atoms with Crippen LogP contribution in [0.3, 0.4) is 0 Å². The molecule has 0 unspecified atom stereocenters. The number of rotatable bonds is 6. The van der Waals surface area contributed by atoms with Crippen LogP contribution in [0.1, 0.15) is 71.3 Å². The molecule has 3 aromatic rings. The topological polar surface area (TPSA) is 71.8 Å². The lowest BCUT2D eigenvalue weighted by Gasteiger charge is -2.46. The van der Waals surface area contributed by atoms with Gasteiger partial charge in [0.1, 0.15) is 11.5 Å². The summed E-state index contributed by atoms with van der Waals surface area (Å²) < 4.78 is 10.8. The van der Waals surface area contributed by atoms with Gasteiger partial charge in [-0.2, -0.15) is 0 Å². The van der Waals surface area contributed by atoms with Crippen LogP contribution in [0.25, 0.3) is 0 Å². The molecule has 6 nitrogen and oxygen atoms in total. The van der Waals surface area contributed by atoms with Crippen molar-refractivity contribution in [2.45, 2.75) is 56.7 Å². The Balaban J connectivity index is 1.59. The molecule has 0 radical (unpaired) electrons. The normalized spacial score (nSPS) is 20.6. The number of furan rings is 1. The number of ether oxygens (including phenoxy) is 1. The Bertz CT molecular complexity index is 1130. The van der Waals surface area contributed by atoms with Crippen LogP contribution in [0.4, 0.5) is 0 Å². The van der Waals surface area contributed by atoms with Crippen molar-refractivity contribution in [3.63, 3.8) is 0 Å². The molecule has 1 saturated carbocycles. The van der Waals surface area contributed by atoms with Crippen molar-refractivity contribution < 1.29 is 18.7 Å².